The van der Waals surface area contributed by atoms with Crippen LogP contribution < -0.4 is 0 Å². The molecule has 0 spiro atoms. The van der Waals surface area contributed by atoms with Crippen molar-refractivity contribution in [2.45, 2.75) is 31.8 Å². The van der Waals surface area contributed by atoms with E-state index in [-0.39, 0.29) is 5.92 Å². The molecule has 1 heterocycles. The van der Waals surface area contributed by atoms with Crippen molar-refractivity contribution in [1.82, 2.24) is 0 Å². The van der Waals surface area contributed by atoms with Crippen LogP contribution in [0.25, 0.3) is 0 Å². The van der Waals surface area contributed by atoms with E-state index in [0.717, 1.165) is 6.42 Å². The number of nitriles is 1. The van der Waals surface area contributed by atoms with E-state index in [0.29, 0.717) is 26.1 Å². The Morgan fingerprint density at radius 1 is 1.75 bits per heavy atom. The monoisotopic (exact) mass is 169 g/mol. The molecule has 0 aliphatic carbocycles. The topological polar surface area (TPSA) is 53.2 Å². The van der Waals surface area contributed by atoms with Crippen molar-refractivity contribution >= 4 is 0 Å². The van der Waals surface area contributed by atoms with Gasteiger partial charge in [0.1, 0.15) is 5.60 Å². The molecule has 0 aromatic rings. The third-order valence-electron chi connectivity index (χ3n) is 2.46. The number of hydrogen-bond donors (Lipinski definition) is 1. The Hall–Kier alpha value is -0.590. The standard InChI is InChI=1S/C9H15NO2/c1-2-8(6-10)9(11)4-3-5-12-7-9/h8,11H,2-5,7H2,1H3. The third-order valence-corrected chi connectivity index (χ3v) is 2.46. The molecule has 0 radical (unpaired) electrons. The molecule has 2 unspecified atom stereocenters. The molecule has 0 aromatic heterocycles. The van der Waals surface area contributed by atoms with Crippen molar-refractivity contribution in [2.75, 3.05) is 13.2 Å². The van der Waals surface area contributed by atoms with Crippen LogP contribution in [0.15, 0.2) is 0 Å². The van der Waals surface area contributed by atoms with Gasteiger partial charge in [0.25, 0.3) is 0 Å². The van der Waals surface area contributed by atoms with Gasteiger partial charge in [-0.1, -0.05) is 6.92 Å². The summed E-state index contributed by atoms with van der Waals surface area (Å²) in [5, 5.41) is 18.8. The molecule has 3 heteroatoms. The molecule has 1 aliphatic rings. The first-order chi connectivity index (χ1) is 5.73. The first-order valence-corrected chi connectivity index (χ1v) is 4.42. The number of nitrogens with zero attached hydrogens (tertiary/aromatic N) is 1. The fourth-order valence-corrected chi connectivity index (χ4v) is 1.67. The van der Waals surface area contributed by atoms with Crippen molar-refractivity contribution in [3.8, 4) is 6.07 Å². The SMILES string of the molecule is CCC(C#N)C1(O)CCCOC1. The van der Waals surface area contributed by atoms with Gasteiger partial charge >= 0.3 is 0 Å². The average molecular weight is 169 g/mol. The maximum absolute atomic E-state index is 9.98. The highest BCUT2D eigenvalue weighted by molar-refractivity contribution is 4.99. The van der Waals surface area contributed by atoms with Gasteiger partial charge in [-0.15, -0.1) is 0 Å². The van der Waals surface area contributed by atoms with Crippen molar-refractivity contribution in [3.63, 3.8) is 0 Å². The molecule has 68 valence electrons. The molecule has 1 fully saturated rings. The summed E-state index contributed by atoms with van der Waals surface area (Å²) in [5.74, 6) is -0.280. The maximum atomic E-state index is 9.98. The summed E-state index contributed by atoms with van der Waals surface area (Å²) in [6.45, 7) is 2.95. The quantitative estimate of drug-likeness (QED) is 0.673. The summed E-state index contributed by atoms with van der Waals surface area (Å²) >= 11 is 0. The van der Waals surface area contributed by atoms with E-state index in [4.69, 9.17) is 10.00 Å². The zero-order chi connectivity index (χ0) is 9.03. The van der Waals surface area contributed by atoms with Gasteiger partial charge < -0.3 is 9.84 Å². The molecule has 0 saturated carbocycles. The van der Waals surface area contributed by atoms with Gasteiger partial charge in [-0.2, -0.15) is 5.26 Å². The lowest BCUT2D eigenvalue weighted by Crippen LogP contribution is -2.44. The fraction of sp³-hybridized carbons (Fsp3) is 0.889. The predicted octanol–water partition coefficient (Wildman–Crippen LogP) is 1.08. The second-order valence-electron chi connectivity index (χ2n) is 3.35. The summed E-state index contributed by atoms with van der Waals surface area (Å²) in [7, 11) is 0. The van der Waals surface area contributed by atoms with Crippen LogP contribution in [0, 0.1) is 17.2 Å². The number of ether oxygens (including phenoxy) is 1. The van der Waals surface area contributed by atoms with Crippen molar-refractivity contribution in [3.05, 3.63) is 0 Å². The smallest absolute Gasteiger partial charge is 0.104 e. The Labute approximate surface area is 73.0 Å². The van der Waals surface area contributed by atoms with Gasteiger partial charge in [0, 0.05) is 6.61 Å². The zero-order valence-electron chi connectivity index (χ0n) is 7.42. The molecular weight excluding hydrogens is 154 g/mol. The largest absolute Gasteiger partial charge is 0.386 e. The van der Waals surface area contributed by atoms with E-state index in [1.165, 1.54) is 0 Å². The number of aliphatic hydroxyl groups is 1. The molecule has 1 N–H and O–H groups in total. The summed E-state index contributed by atoms with van der Waals surface area (Å²) < 4.78 is 5.17. The van der Waals surface area contributed by atoms with Crippen LogP contribution in [0.2, 0.25) is 0 Å². The Balaban J connectivity index is 2.61. The molecule has 1 rings (SSSR count). The Morgan fingerprint density at radius 3 is 2.92 bits per heavy atom. The van der Waals surface area contributed by atoms with Crippen molar-refractivity contribution < 1.29 is 9.84 Å². The lowest BCUT2D eigenvalue weighted by atomic mass is 9.82. The minimum atomic E-state index is -0.887. The fourth-order valence-electron chi connectivity index (χ4n) is 1.67. The molecule has 3 nitrogen and oxygen atoms in total. The van der Waals surface area contributed by atoms with Crippen LogP contribution in [0.1, 0.15) is 26.2 Å². The normalized spacial score (nSPS) is 32.4. The van der Waals surface area contributed by atoms with Crippen LogP contribution in [-0.2, 0) is 4.74 Å². The minimum absolute atomic E-state index is 0.280. The maximum Gasteiger partial charge on any atom is 0.104 e. The van der Waals surface area contributed by atoms with Gasteiger partial charge in [-0.05, 0) is 19.3 Å². The molecule has 0 bridgehead atoms. The summed E-state index contributed by atoms with van der Waals surface area (Å²) in [6.07, 6.45) is 2.24. The molecule has 1 aliphatic heterocycles. The van der Waals surface area contributed by atoms with Crippen LogP contribution in [0.5, 0.6) is 0 Å². The molecule has 2 atom stereocenters. The Morgan fingerprint density at radius 2 is 2.50 bits per heavy atom. The van der Waals surface area contributed by atoms with E-state index in [1.54, 1.807) is 0 Å². The molecule has 12 heavy (non-hydrogen) atoms. The first-order valence-electron chi connectivity index (χ1n) is 4.42. The minimum Gasteiger partial charge on any atom is -0.386 e. The predicted molar refractivity (Wildman–Crippen MR) is 44.4 cm³/mol. The third kappa shape index (κ3) is 1.77. The van der Waals surface area contributed by atoms with E-state index in [1.807, 2.05) is 6.92 Å². The number of hydrogen-bond acceptors (Lipinski definition) is 3. The Bertz CT molecular complexity index is 179. The van der Waals surface area contributed by atoms with Gasteiger partial charge in [0.15, 0.2) is 0 Å². The zero-order valence-corrected chi connectivity index (χ0v) is 7.42. The first kappa shape index (κ1) is 9.50. The van der Waals surface area contributed by atoms with Crippen LogP contribution in [0.4, 0.5) is 0 Å². The number of rotatable bonds is 2. The van der Waals surface area contributed by atoms with Crippen molar-refractivity contribution in [1.29, 1.82) is 5.26 Å². The van der Waals surface area contributed by atoms with Gasteiger partial charge in [0.05, 0.1) is 18.6 Å². The molecule has 1 saturated heterocycles. The highest BCUT2D eigenvalue weighted by Crippen LogP contribution is 2.28. The van der Waals surface area contributed by atoms with E-state index in [9.17, 15) is 5.11 Å². The van der Waals surface area contributed by atoms with E-state index < -0.39 is 5.60 Å². The van der Waals surface area contributed by atoms with Gasteiger partial charge in [0.2, 0.25) is 0 Å². The van der Waals surface area contributed by atoms with Crippen LogP contribution in [-0.4, -0.2) is 23.9 Å². The molecule has 0 aromatic carbocycles. The Kier molecular flexibility index (Phi) is 3.07. The average Bonchev–Trinajstić information content (AvgIpc) is 2.07. The lowest BCUT2D eigenvalue weighted by molar-refractivity contribution is -0.108. The van der Waals surface area contributed by atoms with E-state index in [2.05, 4.69) is 6.07 Å². The van der Waals surface area contributed by atoms with Crippen LogP contribution >= 0.6 is 0 Å². The molecular formula is C9H15NO2. The highest BCUT2D eigenvalue weighted by atomic mass is 16.5. The molecule has 0 amide bonds. The van der Waals surface area contributed by atoms with E-state index >= 15 is 0 Å². The van der Waals surface area contributed by atoms with Crippen molar-refractivity contribution in [2.24, 2.45) is 5.92 Å². The van der Waals surface area contributed by atoms with Gasteiger partial charge in [-0.25, -0.2) is 0 Å². The lowest BCUT2D eigenvalue weighted by Gasteiger charge is -2.34. The van der Waals surface area contributed by atoms with Crippen LogP contribution in [0.3, 0.4) is 0 Å². The summed E-state index contributed by atoms with van der Waals surface area (Å²) in [6, 6.07) is 2.13. The summed E-state index contributed by atoms with van der Waals surface area (Å²) in [5.41, 5.74) is -0.887. The summed E-state index contributed by atoms with van der Waals surface area (Å²) in [4.78, 5) is 0. The second-order valence-corrected chi connectivity index (χ2v) is 3.35. The second kappa shape index (κ2) is 3.88. The highest BCUT2D eigenvalue weighted by Gasteiger charge is 2.37. The van der Waals surface area contributed by atoms with Gasteiger partial charge in [-0.3, -0.25) is 0 Å².